The summed E-state index contributed by atoms with van der Waals surface area (Å²) in [6, 6.07) is 7.91. The zero-order chi connectivity index (χ0) is 14.7. The number of hydrogen-bond acceptors (Lipinski definition) is 2. The quantitative estimate of drug-likeness (QED) is 0.913. The number of aromatic carboxylic acids is 1. The minimum atomic E-state index is -1.31. The van der Waals surface area contributed by atoms with Gasteiger partial charge in [-0.25, -0.2) is 13.6 Å². The van der Waals surface area contributed by atoms with Crippen molar-refractivity contribution in [3.63, 3.8) is 0 Å². The topological polar surface area (TPSA) is 46.5 Å². The Morgan fingerprint density at radius 1 is 1.20 bits per heavy atom. The SMILES string of the molecule is O=C(O)c1cccc(F)c1OCc1ccc(Br)cc1F. The Hall–Kier alpha value is -1.95. The highest BCUT2D eigenvalue weighted by Gasteiger charge is 2.16. The lowest BCUT2D eigenvalue weighted by molar-refractivity contribution is 0.0690. The predicted octanol–water partition coefficient (Wildman–Crippen LogP) is 4.00. The van der Waals surface area contributed by atoms with Crippen LogP contribution in [0.25, 0.3) is 0 Å². The molecule has 20 heavy (non-hydrogen) atoms. The molecular weight excluding hydrogens is 334 g/mol. The van der Waals surface area contributed by atoms with Crippen LogP contribution in [0.3, 0.4) is 0 Å². The first-order valence-electron chi connectivity index (χ1n) is 5.57. The lowest BCUT2D eigenvalue weighted by atomic mass is 10.2. The van der Waals surface area contributed by atoms with Gasteiger partial charge in [-0.1, -0.05) is 28.1 Å². The molecule has 0 bridgehead atoms. The second-order valence-corrected chi connectivity index (χ2v) is 4.86. The molecule has 0 fully saturated rings. The van der Waals surface area contributed by atoms with Crippen molar-refractivity contribution in [2.24, 2.45) is 0 Å². The second-order valence-electron chi connectivity index (χ2n) is 3.95. The standard InChI is InChI=1S/C14H9BrF2O3/c15-9-5-4-8(12(17)6-9)7-20-13-10(14(18)19)2-1-3-11(13)16/h1-6H,7H2,(H,18,19). The van der Waals surface area contributed by atoms with Gasteiger partial charge < -0.3 is 9.84 Å². The first-order chi connectivity index (χ1) is 9.49. The van der Waals surface area contributed by atoms with Gasteiger partial charge in [0, 0.05) is 10.0 Å². The van der Waals surface area contributed by atoms with Gasteiger partial charge in [-0.3, -0.25) is 0 Å². The summed E-state index contributed by atoms with van der Waals surface area (Å²) in [5.74, 6) is -3.03. The van der Waals surface area contributed by atoms with Crippen LogP contribution < -0.4 is 4.74 Å². The maximum Gasteiger partial charge on any atom is 0.339 e. The van der Waals surface area contributed by atoms with Crippen LogP contribution in [0.2, 0.25) is 0 Å². The molecule has 6 heteroatoms. The van der Waals surface area contributed by atoms with E-state index in [1.807, 2.05) is 0 Å². The van der Waals surface area contributed by atoms with Gasteiger partial charge in [0.25, 0.3) is 0 Å². The molecule has 0 saturated carbocycles. The lowest BCUT2D eigenvalue weighted by Crippen LogP contribution is -2.06. The van der Waals surface area contributed by atoms with E-state index >= 15 is 0 Å². The first kappa shape index (κ1) is 14.5. The van der Waals surface area contributed by atoms with E-state index in [1.54, 1.807) is 6.07 Å². The van der Waals surface area contributed by atoms with Crippen LogP contribution in [0.1, 0.15) is 15.9 Å². The number of carboxylic acid groups (broad SMARTS) is 1. The van der Waals surface area contributed by atoms with Gasteiger partial charge in [-0.05, 0) is 24.3 Å². The maximum absolute atomic E-state index is 13.6. The molecule has 2 rings (SSSR count). The number of halogens is 3. The highest BCUT2D eigenvalue weighted by Crippen LogP contribution is 2.24. The number of hydrogen-bond donors (Lipinski definition) is 1. The van der Waals surface area contributed by atoms with Crippen molar-refractivity contribution >= 4 is 21.9 Å². The van der Waals surface area contributed by atoms with Crippen LogP contribution in [0, 0.1) is 11.6 Å². The summed E-state index contributed by atoms with van der Waals surface area (Å²) in [7, 11) is 0. The molecule has 0 aliphatic carbocycles. The molecule has 0 spiro atoms. The summed E-state index contributed by atoms with van der Waals surface area (Å²) in [4.78, 5) is 11.0. The summed E-state index contributed by atoms with van der Waals surface area (Å²) in [6.07, 6.45) is 0. The predicted molar refractivity (Wildman–Crippen MR) is 71.8 cm³/mol. The smallest absolute Gasteiger partial charge is 0.339 e. The van der Waals surface area contributed by atoms with Gasteiger partial charge in [0.05, 0.1) is 0 Å². The Morgan fingerprint density at radius 2 is 1.95 bits per heavy atom. The van der Waals surface area contributed by atoms with Crippen molar-refractivity contribution in [3.8, 4) is 5.75 Å². The van der Waals surface area contributed by atoms with Crippen LogP contribution in [-0.4, -0.2) is 11.1 Å². The molecule has 0 aliphatic heterocycles. The van der Waals surface area contributed by atoms with Crippen molar-refractivity contribution in [1.29, 1.82) is 0 Å². The van der Waals surface area contributed by atoms with Gasteiger partial charge in [0.1, 0.15) is 18.0 Å². The fourth-order valence-corrected chi connectivity index (χ4v) is 1.95. The summed E-state index contributed by atoms with van der Waals surface area (Å²) in [5, 5.41) is 8.95. The molecule has 0 atom stereocenters. The van der Waals surface area contributed by atoms with Crippen LogP contribution in [0.4, 0.5) is 8.78 Å². The van der Waals surface area contributed by atoms with E-state index in [2.05, 4.69) is 15.9 Å². The van der Waals surface area contributed by atoms with E-state index in [1.165, 1.54) is 24.3 Å². The maximum atomic E-state index is 13.6. The zero-order valence-electron chi connectivity index (χ0n) is 10.1. The second kappa shape index (κ2) is 6.00. The number of ether oxygens (including phenoxy) is 1. The third kappa shape index (κ3) is 3.14. The van der Waals surface area contributed by atoms with Crippen LogP contribution >= 0.6 is 15.9 Å². The van der Waals surface area contributed by atoms with Crippen molar-refractivity contribution in [1.82, 2.24) is 0 Å². The van der Waals surface area contributed by atoms with E-state index in [0.29, 0.717) is 4.47 Å². The largest absolute Gasteiger partial charge is 0.485 e. The van der Waals surface area contributed by atoms with Crippen LogP contribution in [-0.2, 0) is 6.61 Å². The van der Waals surface area contributed by atoms with Gasteiger partial charge >= 0.3 is 5.97 Å². The molecule has 0 saturated heterocycles. The number of rotatable bonds is 4. The average Bonchev–Trinajstić information content (AvgIpc) is 2.38. The Bertz CT molecular complexity index is 659. The van der Waals surface area contributed by atoms with E-state index < -0.39 is 23.4 Å². The van der Waals surface area contributed by atoms with E-state index in [-0.39, 0.29) is 17.7 Å². The minimum absolute atomic E-state index is 0.202. The molecule has 0 heterocycles. The van der Waals surface area contributed by atoms with Crippen molar-refractivity contribution in [3.05, 3.63) is 63.6 Å². The first-order valence-corrected chi connectivity index (χ1v) is 6.37. The summed E-state index contributed by atoms with van der Waals surface area (Å²) < 4.78 is 32.9. The number of para-hydroxylation sites is 1. The van der Waals surface area contributed by atoms with Crippen molar-refractivity contribution in [2.75, 3.05) is 0 Å². The fraction of sp³-hybridized carbons (Fsp3) is 0.0714. The molecule has 0 unspecified atom stereocenters. The van der Waals surface area contributed by atoms with E-state index in [9.17, 15) is 13.6 Å². The highest BCUT2D eigenvalue weighted by molar-refractivity contribution is 9.10. The zero-order valence-corrected chi connectivity index (χ0v) is 11.7. The summed E-state index contributed by atoms with van der Waals surface area (Å²) >= 11 is 3.12. The highest BCUT2D eigenvalue weighted by atomic mass is 79.9. The van der Waals surface area contributed by atoms with Crippen LogP contribution in [0.15, 0.2) is 40.9 Å². The molecule has 2 aromatic carbocycles. The molecule has 104 valence electrons. The molecule has 0 aromatic heterocycles. The van der Waals surface area contributed by atoms with E-state index in [0.717, 1.165) is 6.07 Å². The monoisotopic (exact) mass is 342 g/mol. The molecule has 1 N–H and O–H groups in total. The Kier molecular flexibility index (Phi) is 4.34. The molecular formula is C14H9BrF2O3. The molecule has 0 aliphatic rings. The van der Waals surface area contributed by atoms with E-state index in [4.69, 9.17) is 9.84 Å². The Morgan fingerprint density at radius 3 is 2.60 bits per heavy atom. The summed E-state index contributed by atoms with van der Waals surface area (Å²) in [6.45, 7) is -0.264. The lowest BCUT2D eigenvalue weighted by Gasteiger charge is -2.10. The van der Waals surface area contributed by atoms with Crippen LogP contribution in [0.5, 0.6) is 5.75 Å². The third-order valence-corrected chi connectivity index (χ3v) is 3.08. The number of carboxylic acids is 1. The minimum Gasteiger partial charge on any atom is -0.485 e. The molecule has 2 aromatic rings. The van der Waals surface area contributed by atoms with Crippen molar-refractivity contribution < 1.29 is 23.4 Å². The van der Waals surface area contributed by atoms with Gasteiger partial charge in [-0.15, -0.1) is 0 Å². The molecule has 0 amide bonds. The van der Waals surface area contributed by atoms with Gasteiger partial charge in [-0.2, -0.15) is 0 Å². The molecule has 3 nitrogen and oxygen atoms in total. The normalized spacial score (nSPS) is 10.3. The number of benzene rings is 2. The summed E-state index contributed by atoms with van der Waals surface area (Å²) in [5.41, 5.74) is -0.102. The molecule has 0 radical (unpaired) electrons. The number of carbonyl (C=O) groups is 1. The Balaban J connectivity index is 2.25. The fourth-order valence-electron chi connectivity index (χ4n) is 1.61. The van der Waals surface area contributed by atoms with Gasteiger partial charge in [0.2, 0.25) is 0 Å². The Labute approximate surface area is 121 Å². The van der Waals surface area contributed by atoms with Crippen molar-refractivity contribution in [2.45, 2.75) is 6.61 Å². The van der Waals surface area contributed by atoms with Gasteiger partial charge in [0.15, 0.2) is 11.6 Å². The third-order valence-electron chi connectivity index (χ3n) is 2.58. The average molecular weight is 343 g/mol.